The number of allylic oxidation sites excluding steroid dienone is 1. The minimum Gasteiger partial charge on any atom is -0.491 e. The zero-order chi connectivity index (χ0) is 29.2. The Labute approximate surface area is 247 Å². The minimum absolute atomic E-state index is 0.0118. The van der Waals surface area contributed by atoms with Gasteiger partial charge < -0.3 is 25.2 Å². The maximum atomic E-state index is 12.4. The van der Waals surface area contributed by atoms with Gasteiger partial charge in [-0.1, -0.05) is 48.9 Å². The number of benzene rings is 2. The molecule has 4 unspecified atom stereocenters. The summed E-state index contributed by atoms with van der Waals surface area (Å²) in [5, 5.41) is 26.2. The molecule has 0 saturated carbocycles. The second-order valence-corrected chi connectivity index (χ2v) is 12.2. The molecule has 0 aliphatic carbocycles. The lowest BCUT2D eigenvalue weighted by Gasteiger charge is -2.45. The van der Waals surface area contributed by atoms with Crippen LogP contribution in [-0.2, 0) is 16.0 Å². The summed E-state index contributed by atoms with van der Waals surface area (Å²) in [6.07, 6.45) is 9.89. The Bertz CT molecular complexity index is 1350. The molecule has 2 aromatic carbocycles. The molecule has 8 heteroatoms. The first-order valence-corrected chi connectivity index (χ1v) is 14.9. The number of piperidine rings is 1. The number of hydrogen-bond acceptors (Lipinski definition) is 6. The number of rotatable bonds is 7. The fraction of sp³-hybridized carbons (Fsp3) is 0.455. The van der Waals surface area contributed by atoms with Crippen molar-refractivity contribution in [2.24, 2.45) is 10.9 Å². The number of fused-ring (bicyclic) bond motifs is 2. The molecular formula is C33H40ClN3O4. The molecule has 5 rings (SSSR count). The molecule has 3 heterocycles. The van der Waals surface area contributed by atoms with Crippen LogP contribution in [0.25, 0.3) is 5.57 Å². The van der Waals surface area contributed by atoms with Crippen LogP contribution in [0.2, 0.25) is 5.02 Å². The summed E-state index contributed by atoms with van der Waals surface area (Å²) >= 11 is 6.10. The molecule has 3 aliphatic heterocycles. The van der Waals surface area contributed by atoms with Crippen LogP contribution in [0.1, 0.15) is 56.7 Å². The molecule has 4 atom stereocenters. The first-order valence-electron chi connectivity index (χ1n) is 14.5. The van der Waals surface area contributed by atoms with E-state index in [9.17, 15) is 15.0 Å². The van der Waals surface area contributed by atoms with Crippen molar-refractivity contribution in [1.82, 2.24) is 10.2 Å². The lowest BCUT2D eigenvalue weighted by molar-refractivity contribution is -0.126. The first-order chi connectivity index (χ1) is 19.6. The first kappa shape index (κ1) is 29.5. The van der Waals surface area contributed by atoms with E-state index in [0.717, 1.165) is 41.0 Å². The Kier molecular flexibility index (Phi) is 8.71. The highest BCUT2D eigenvalue weighted by molar-refractivity contribution is 6.30. The number of aliphatic imine (C=N–C) groups is 1. The van der Waals surface area contributed by atoms with Crippen LogP contribution in [0.4, 0.5) is 0 Å². The van der Waals surface area contributed by atoms with Gasteiger partial charge in [-0.15, -0.1) is 0 Å². The van der Waals surface area contributed by atoms with E-state index in [2.05, 4.69) is 22.4 Å². The summed E-state index contributed by atoms with van der Waals surface area (Å²) in [7, 11) is 0. The molecule has 1 saturated heterocycles. The van der Waals surface area contributed by atoms with E-state index < -0.39 is 17.2 Å². The maximum Gasteiger partial charge on any atom is 0.220 e. The van der Waals surface area contributed by atoms with Crippen molar-refractivity contribution < 1.29 is 19.7 Å². The van der Waals surface area contributed by atoms with Crippen molar-refractivity contribution in [3.63, 3.8) is 0 Å². The molecule has 7 nitrogen and oxygen atoms in total. The van der Waals surface area contributed by atoms with Crippen LogP contribution >= 0.6 is 11.6 Å². The smallest absolute Gasteiger partial charge is 0.220 e. The zero-order valence-electron chi connectivity index (χ0n) is 24.0. The molecule has 0 aromatic heterocycles. The van der Waals surface area contributed by atoms with Gasteiger partial charge in [-0.25, -0.2) is 0 Å². The highest BCUT2D eigenvalue weighted by atomic mass is 35.5. The monoisotopic (exact) mass is 577 g/mol. The summed E-state index contributed by atoms with van der Waals surface area (Å²) in [5.41, 5.74) is 1.58. The molecule has 0 spiro atoms. The number of nitrogens with zero attached hydrogens (tertiary/aromatic N) is 2. The van der Waals surface area contributed by atoms with Gasteiger partial charge in [-0.05, 0) is 73.7 Å². The molecule has 0 radical (unpaired) electrons. The van der Waals surface area contributed by atoms with Crippen molar-refractivity contribution >= 4 is 29.3 Å². The number of hydrogen-bond donors (Lipinski definition) is 3. The number of likely N-dealkylation sites (tertiary alicyclic amines) is 1. The summed E-state index contributed by atoms with van der Waals surface area (Å²) in [6.45, 7) is 7.89. The van der Waals surface area contributed by atoms with Crippen molar-refractivity contribution in [2.75, 3.05) is 26.2 Å². The van der Waals surface area contributed by atoms with Crippen LogP contribution in [-0.4, -0.2) is 65.6 Å². The standard InChI is InChI=1S/C33H40ClN3O4/c1-4-31(38)36-30-20-37(18-15-33(30,40)22-9-12-24(34)13-10-22)17-6-8-25-26-7-5-16-35-28(26)21-41-29-14-11-23(19-27(25)29)32(2,3)39/h5,7-14,16,19,26,28,30,39-40H,4,6,15,17-18,20-21H2,1-3H3,(H,36,38)/b25-8+. The number of ether oxygens (including phenoxy) is 1. The number of halogens is 1. The van der Waals surface area contributed by atoms with Crippen molar-refractivity contribution in [1.29, 1.82) is 0 Å². The Morgan fingerprint density at radius 1 is 1.27 bits per heavy atom. The van der Waals surface area contributed by atoms with Crippen LogP contribution in [0.3, 0.4) is 0 Å². The van der Waals surface area contributed by atoms with E-state index in [4.69, 9.17) is 21.3 Å². The normalized spacial score (nSPS) is 27.1. The van der Waals surface area contributed by atoms with Crippen LogP contribution in [0.15, 0.2) is 65.7 Å². The SMILES string of the molecule is CCC(=O)NC1CN(CC/C=C2/c3cc(C(C)(C)O)ccc3OCC3N=CC=CC23)CCC1(O)c1ccc(Cl)cc1. The van der Waals surface area contributed by atoms with Crippen molar-refractivity contribution in [3.05, 3.63) is 82.4 Å². The highest BCUT2D eigenvalue weighted by Gasteiger charge is 2.43. The number of amides is 1. The van der Waals surface area contributed by atoms with Gasteiger partial charge in [0.05, 0.1) is 17.7 Å². The fourth-order valence-corrected chi connectivity index (χ4v) is 6.15. The number of aliphatic hydroxyl groups is 2. The molecule has 3 aliphatic rings. The number of nitrogens with one attached hydrogen (secondary N) is 1. The van der Waals surface area contributed by atoms with Gasteiger partial charge in [0, 0.05) is 48.8 Å². The van der Waals surface area contributed by atoms with Gasteiger partial charge in [0.2, 0.25) is 5.91 Å². The quantitative estimate of drug-likeness (QED) is 0.437. The Morgan fingerprint density at radius 3 is 2.78 bits per heavy atom. The van der Waals surface area contributed by atoms with Gasteiger partial charge in [0.25, 0.3) is 0 Å². The second-order valence-electron chi connectivity index (χ2n) is 11.8. The molecule has 41 heavy (non-hydrogen) atoms. The van der Waals surface area contributed by atoms with E-state index in [0.29, 0.717) is 37.6 Å². The summed E-state index contributed by atoms with van der Waals surface area (Å²) < 4.78 is 6.19. The van der Waals surface area contributed by atoms with E-state index in [1.807, 2.05) is 49.5 Å². The van der Waals surface area contributed by atoms with Crippen molar-refractivity contribution in [2.45, 2.75) is 63.3 Å². The van der Waals surface area contributed by atoms with E-state index in [1.165, 1.54) is 0 Å². The average Bonchev–Trinajstić information content (AvgIpc) is 3.11. The number of dihydropyridines is 1. The van der Waals surface area contributed by atoms with Gasteiger partial charge >= 0.3 is 0 Å². The maximum absolute atomic E-state index is 12.4. The lowest BCUT2D eigenvalue weighted by Crippen LogP contribution is -2.60. The molecule has 218 valence electrons. The molecule has 3 N–H and O–H groups in total. The summed E-state index contributed by atoms with van der Waals surface area (Å²) in [5.74, 6) is 0.793. The third-order valence-corrected chi connectivity index (χ3v) is 8.75. The molecule has 1 fully saturated rings. The zero-order valence-corrected chi connectivity index (χ0v) is 24.8. The Hall–Kier alpha value is -2.97. The van der Waals surface area contributed by atoms with Gasteiger partial charge in [0.15, 0.2) is 0 Å². The third kappa shape index (κ3) is 6.44. The van der Waals surface area contributed by atoms with Crippen LogP contribution in [0, 0.1) is 5.92 Å². The highest BCUT2D eigenvalue weighted by Crippen LogP contribution is 2.41. The predicted molar refractivity (Wildman–Crippen MR) is 163 cm³/mol. The van der Waals surface area contributed by atoms with Gasteiger partial charge in [0.1, 0.15) is 18.0 Å². The molecule has 0 bridgehead atoms. The van der Waals surface area contributed by atoms with Crippen molar-refractivity contribution in [3.8, 4) is 5.75 Å². The fourth-order valence-electron chi connectivity index (χ4n) is 6.03. The number of carbonyl (C=O) groups is 1. The number of carbonyl (C=O) groups excluding carboxylic acids is 1. The van der Waals surface area contributed by atoms with E-state index in [1.54, 1.807) is 26.0 Å². The summed E-state index contributed by atoms with van der Waals surface area (Å²) in [4.78, 5) is 19.4. The molecule has 1 amide bonds. The molecule has 2 aromatic rings. The summed E-state index contributed by atoms with van der Waals surface area (Å²) in [6, 6.07) is 12.7. The molecular weight excluding hydrogens is 538 g/mol. The van der Waals surface area contributed by atoms with Crippen LogP contribution < -0.4 is 10.1 Å². The average molecular weight is 578 g/mol. The lowest BCUT2D eigenvalue weighted by atomic mass is 9.80. The Morgan fingerprint density at radius 2 is 2.05 bits per heavy atom. The third-order valence-electron chi connectivity index (χ3n) is 8.50. The Balaban J connectivity index is 1.38. The largest absolute Gasteiger partial charge is 0.491 e. The predicted octanol–water partition coefficient (Wildman–Crippen LogP) is 4.85. The van der Waals surface area contributed by atoms with Gasteiger partial charge in [-0.2, -0.15) is 0 Å². The second kappa shape index (κ2) is 12.1. The van der Waals surface area contributed by atoms with E-state index in [-0.39, 0.29) is 17.9 Å². The topological polar surface area (TPSA) is 94.4 Å². The van der Waals surface area contributed by atoms with Crippen LogP contribution in [0.5, 0.6) is 5.75 Å². The van der Waals surface area contributed by atoms with E-state index >= 15 is 0 Å². The minimum atomic E-state index is -1.17. The van der Waals surface area contributed by atoms with Gasteiger partial charge in [-0.3, -0.25) is 9.79 Å².